The molecule has 14 nitrogen and oxygen atoms in total. The van der Waals surface area contributed by atoms with Crippen LogP contribution in [0.3, 0.4) is 0 Å². The van der Waals surface area contributed by atoms with Gasteiger partial charge in [0.2, 0.25) is 0 Å². The zero-order valence-electron chi connectivity index (χ0n) is 38.7. The molecule has 2 N–H and O–H groups in total. The average Bonchev–Trinajstić information content (AvgIpc) is 3.95. The van der Waals surface area contributed by atoms with Crippen molar-refractivity contribution in [3.63, 3.8) is 0 Å². The number of halogens is 1. The third-order valence-corrected chi connectivity index (χ3v) is 13.6. The van der Waals surface area contributed by atoms with Crippen molar-refractivity contribution in [1.82, 2.24) is 14.6 Å². The minimum absolute atomic E-state index is 0.100. The van der Waals surface area contributed by atoms with Crippen molar-refractivity contribution in [2.24, 2.45) is 0 Å². The van der Waals surface area contributed by atoms with E-state index in [0.29, 0.717) is 34.9 Å². The number of nitriles is 1. The molecule has 2 saturated heterocycles. The lowest BCUT2D eigenvalue weighted by atomic mass is 9.97. The second kappa shape index (κ2) is 24.8. The van der Waals surface area contributed by atoms with Crippen molar-refractivity contribution in [3.8, 4) is 17.6 Å². The number of para-hydroxylation sites is 1. The van der Waals surface area contributed by atoms with Gasteiger partial charge in [-0.1, -0.05) is 133 Å². The number of nitrogens with two attached hydrogens (primary N) is 1. The Labute approximate surface area is 390 Å². The number of nitrogens with zero attached hydrogens (tertiary/aromatic N) is 4. The number of rotatable bonds is 30. The van der Waals surface area contributed by atoms with Crippen molar-refractivity contribution in [2.75, 3.05) is 32.2 Å². The summed E-state index contributed by atoms with van der Waals surface area (Å²) in [6.07, 6.45) is 19.3. The number of anilines is 1. The van der Waals surface area contributed by atoms with Crippen molar-refractivity contribution in [2.45, 2.75) is 166 Å². The second-order valence-electron chi connectivity index (χ2n) is 17.9. The Morgan fingerprint density at radius 3 is 2.20 bits per heavy atom. The van der Waals surface area contributed by atoms with Crippen LogP contribution in [-0.4, -0.2) is 70.7 Å². The van der Waals surface area contributed by atoms with Gasteiger partial charge in [-0.25, -0.2) is 14.1 Å². The molecule has 0 aliphatic carbocycles. The maximum Gasteiger partial charge on any atom is 0.530 e. The van der Waals surface area contributed by atoms with Crippen molar-refractivity contribution in [3.05, 3.63) is 83.3 Å². The van der Waals surface area contributed by atoms with Crippen LogP contribution in [0.5, 0.6) is 11.5 Å². The Morgan fingerprint density at radius 1 is 0.846 bits per heavy atom. The van der Waals surface area contributed by atoms with Crippen LogP contribution in [0.2, 0.25) is 5.02 Å². The normalized spacial score (nSPS) is 21.5. The molecule has 6 atom stereocenters. The molecule has 356 valence electrons. The average molecular weight is 939 g/mol. The summed E-state index contributed by atoms with van der Waals surface area (Å²) < 4.78 is 66.8. The summed E-state index contributed by atoms with van der Waals surface area (Å²) in [4.78, 5) is 4.11. The molecule has 0 bridgehead atoms. The second-order valence-corrected chi connectivity index (χ2v) is 19.9. The van der Waals surface area contributed by atoms with Gasteiger partial charge in [-0.2, -0.15) is 10.4 Å². The molecule has 2 fully saturated rings. The molecule has 6 rings (SSSR count). The number of nitrogen functional groups attached to an aromatic ring is 1. The van der Waals surface area contributed by atoms with E-state index in [2.05, 4.69) is 23.1 Å². The van der Waals surface area contributed by atoms with Crippen LogP contribution in [0.15, 0.2) is 67.0 Å². The molecule has 16 heteroatoms. The number of phosphoric ester groups is 1. The lowest BCUT2D eigenvalue weighted by molar-refractivity contribution is -0.212. The number of aromatic nitrogens is 3. The van der Waals surface area contributed by atoms with Gasteiger partial charge in [-0.15, -0.1) is 0 Å². The summed E-state index contributed by atoms with van der Waals surface area (Å²) in [5.74, 6) is -0.117. The highest BCUT2D eigenvalue weighted by atomic mass is 35.5. The first-order valence-electron chi connectivity index (χ1n) is 23.6. The molecule has 1 unspecified atom stereocenters. The van der Waals surface area contributed by atoms with Gasteiger partial charge in [0, 0.05) is 6.61 Å². The third kappa shape index (κ3) is 14.9. The Hall–Kier alpha value is -3.77. The van der Waals surface area contributed by atoms with Gasteiger partial charge >= 0.3 is 7.82 Å². The number of unbranched alkanes of at least 4 members (excludes halogenated alkanes) is 15. The molecular formula is C49H69ClN5O9P. The van der Waals surface area contributed by atoms with E-state index in [9.17, 15) is 9.83 Å². The van der Waals surface area contributed by atoms with Crippen molar-refractivity contribution in [1.29, 1.82) is 5.26 Å². The van der Waals surface area contributed by atoms with Gasteiger partial charge in [0.05, 0.1) is 42.2 Å². The van der Waals surface area contributed by atoms with Crippen molar-refractivity contribution >= 4 is 30.8 Å². The largest absolute Gasteiger partial charge is 0.530 e. The molecule has 2 aromatic carbocycles. The molecule has 0 saturated carbocycles. The summed E-state index contributed by atoms with van der Waals surface area (Å²) in [5.41, 5.74) is 6.64. The standard InChI is InChI=1S/C49H69ClN5O9P/c1-5-6-7-8-9-10-11-12-13-14-15-16-17-18-19-22-30-57-33-39(60-38-25-23-24-37(31-38)32-51)34-58-65(56,64-43-27-21-20-26-40(43)50)59-35-49(4)46-45(61-48(2,3)63-46)44(62-49)41-28-29-42-47(52)53-36-54-55(41)42/h20-21,23-29,31,36,39,44-46H,5-19,22,30,33-35H2,1-4H3,(H2,52,53,54)/t39-,44+,45+,46+,49-,65?/m1/s1. The van der Waals surface area contributed by atoms with Crippen LogP contribution in [0.4, 0.5) is 5.82 Å². The maximum absolute atomic E-state index is 14.8. The smallest absolute Gasteiger partial charge is 0.486 e. The van der Waals surface area contributed by atoms with E-state index in [1.54, 1.807) is 60.0 Å². The Bertz CT molecular complexity index is 2170. The zero-order valence-corrected chi connectivity index (χ0v) is 40.3. The molecule has 0 radical (unpaired) electrons. The van der Waals surface area contributed by atoms with E-state index in [-0.39, 0.29) is 30.6 Å². The minimum Gasteiger partial charge on any atom is -0.486 e. The van der Waals surface area contributed by atoms with Crippen LogP contribution >= 0.6 is 19.4 Å². The van der Waals surface area contributed by atoms with Crippen LogP contribution in [-0.2, 0) is 32.6 Å². The molecule has 0 amide bonds. The van der Waals surface area contributed by atoms with Gasteiger partial charge < -0.3 is 33.9 Å². The predicted molar refractivity (Wildman–Crippen MR) is 251 cm³/mol. The SMILES string of the molecule is CCCCCCCCCCCCCCCCCCOC[C@H](COP(=O)(OC[C@@]1(C)O[C@@H](c2ccc3c(N)ncnn23)[C@@H]2OC(C)(C)O[C@@H]21)Oc1ccccc1Cl)Oc1cccc(C#N)c1. The monoisotopic (exact) mass is 937 g/mol. The highest BCUT2D eigenvalue weighted by molar-refractivity contribution is 7.49. The molecule has 0 spiro atoms. The quantitative estimate of drug-likeness (QED) is 0.0387. The minimum atomic E-state index is -4.50. The van der Waals surface area contributed by atoms with E-state index >= 15 is 0 Å². The number of hydrogen-bond acceptors (Lipinski definition) is 13. The summed E-state index contributed by atoms with van der Waals surface area (Å²) in [5, 5.41) is 14.2. The first-order valence-corrected chi connectivity index (χ1v) is 25.5. The Morgan fingerprint density at radius 2 is 1.52 bits per heavy atom. The molecular weight excluding hydrogens is 869 g/mol. The maximum atomic E-state index is 14.8. The molecule has 4 heterocycles. The molecule has 65 heavy (non-hydrogen) atoms. The fraction of sp³-hybridized carbons (Fsp3) is 0.612. The number of benzene rings is 2. The van der Waals surface area contributed by atoms with Gasteiger partial charge in [-0.3, -0.25) is 9.05 Å². The first-order chi connectivity index (χ1) is 31.4. The first kappa shape index (κ1) is 50.6. The Kier molecular flexibility index (Phi) is 19.4. The summed E-state index contributed by atoms with van der Waals surface area (Å²) >= 11 is 6.50. The zero-order chi connectivity index (χ0) is 46.1. The number of ether oxygens (including phenoxy) is 5. The molecule has 2 aliphatic rings. The van der Waals surface area contributed by atoms with Gasteiger partial charge in [-0.05, 0) is 69.7 Å². The fourth-order valence-corrected chi connectivity index (χ4v) is 10.0. The highest BCUT2D eigenvalue weighted by Gasteiger charge is 2.62. The number of phosphoric acid groups is 1. The lowest BCUT2D eigenvalue weighted by Gasteiger charge is -2.32. The van der Waals surface area contributed by atoms with Crippen molar-refractivity contribution < 1.29 is 41.8 Å². The Balaban J connectivity index is 1.05. The summed E-state index contributed by atoms with van der Waals surface area (Å²) in [6, 6.07) is 19.2. The summed E-state index contributed by atoms with van der Waals surface area (Å²) in [7, 11) is -4.50. The van der Waals surface area contributed by atoms with Crippen LogP contribution in [0, 0.1) is 11.3 Å². The van der Waals surface area contributed by atoms with E-state index in [1.807, 2.05) is 26.0 Å². The molecule has 4 aromatic rings. The van der Waals surface area contributed by atoms with E-state index < -0.39 is 43.6 Å². The van der Waals surface area contributed by atoms with Gasteiger partial charge in [0.1, 0.15) is 53.4 Å². The molecule has 2 aromatic heterocycles. The van der Waals surface area contributed by atoms with Gasteiger partial charge in [0.25, 0.3) is 0 Å². The number of fused-ring (bicyclic) bond motifs is 2. The molecule has 2 aliphatic heterocycles. The topological polar surface area (TPSA) is 171 Å². The van der Waals surface area contributed by atoms with Crippen LogP contribution < -0.4 is 15.0 Å². The highest BCUT2D eigenvalue weighted by Crippen LogP contribution is 2.55. The van der Waals surface area contributed by atoms with E-state index in [1.165, 1.54) is 89.8 Å². The fourth-order valence-electron chi connectivity index (χ4n) is 8.47. The van der Waals surface area contributed by atoms with E-state index in [0.717, 1.165) is 19.3 Å². The third-order valence-electron chi connectivity index (χ3n) is 11.9. The lowest BCUT2D eigenvalue weighted by Crippen LogP contribution is -2.44. The number of hydrogen-bond donors (Lipinski definition) is 1. The van der Waals surface area contributed by atoms with Gasteiger partial charge in [0.15, 0.2) is 11.6 Å². The predicted octanol–water partition coefficient (Wildman–Crippen LogP) is 12.1. The van der Waals surface area contributed by atoms with Crippen LogP contribution in [0.25, 0.3) is 5.52 Å². The summed E-state index contributed by atoms with van der Waals surface area (Å²) in [6.45, 7) is 7.81. The van der Waals surface area contributed by atoms with Crippen LogP contribution in [0.1, 0.15) is 148 Å². The van der Waals surface area contributed by atoms with E-state index in [4.69, 9.17) is 54.6 Å².